The molecule has 0 radical (unpaired) electrons. The number of ketones is 1. The summed E-state index contributed by atoms with van der Waals surface area (Å²) >= 11 is 12.5. The van der Waals surface area contributed by atoms with E-state index in [1.165, 1.54) is 6.33 Å². The second-order valence-electron chi connectivity index (χ2n) is 6.66. The van der Waals surface area contributed by atoms with Crippen LogP contribution in [-0.2, 0) is 4.79 Å². The molecule has 1 N–H and O–H groups in total. The zero-order valence-corrected chi connectivity index (χ0v) is 15.5. The maximum atomic E-state index is 13.2. The van der Waals surface area contributed by atoms with Crippen LogP contribution >= 0.6 is 23.2 Å². The number of hydrogen-bond acceptors (Lipinski definition) is 5. The van der Waals surface area contributed by atoms with Gasteiger partial charge in [-0.2, -0.15) is 10.1 Å². The third-order valence-electron chi connectivity index (χ3n) is 5.06. The van der Waals surface area contributed by atoms with Crippen molar-refractivity contribution in [2.45, 2.75) is 24.8 Å². The van der Waals surface area contributed by atoms with E-state index in [-0.39, 0.29) is 11.7 Å². The number of rotatable bonds is 2. The molecule has 0 bridgehead atoms. The highest BCUT2D eigenvalue weighted by Crippen LogP contribution is 2.45. The van der Waals surface area contributed by atoms with Crippen LogP contribution in [0.25, 0.3) is 0 Å². The van der Waals surface area contributed by atoms with Gasteiger partial charge < -0.3 is 9.73 Å². The van der Waals surface area contributed by atoms with E-state index < -0.39 is 6.04 Å². The van der Waals surface area contributed by atoms with Gasteiger partial charge in [-0.25, -0.2) is 4.68 Å². The van der Waals surface area contributed by atoms with Gasteiger partial charge in [-0.3, -0.25) is 4.79 Å². The Morgan fingerprint density at radius 3 is 2.89 bits per heavy atom. The Morgan fingerprint density at radius 2 is 2.11 bits per heavy atom. The largest absolute Gasteiger partial charge is 0.469 e. The molecule has 6 nitrogen and oxygen atoms in total. The predicted octanol–water partition coefficient (Wildman–Crippen LogP) is 4.59. The number of halogens is 2. The van der Waals surface area contributed by atoms with Crippen LogP contribution in [0.15, 0.2) is 58.6 Å². The summed E-state index contributed by atoms with van der Waals surface area (Å²) in [6, 6.07) is 8.58. The third kappa shape index (κ3) is 2.67. The number of allylic oxidation sites excluding steroid dienone is 2. The maximum absolute atomic E-state index is 13.2. The second-order valence-corrected chi connectivity index (χ2v) is 7.50. The Balaban J connectivity index is 1.65. The van der Waals surface area contributed by atoms with Gasteiger partial charge in [0.2, 0.25) is 5.95 Å². The van der Waals surface area contributed by atoms with Crippen molar-refractivity contribution in [3.8, 4) is 0 Å². The Hall–Kier alpha value is -2.57. The van der Waals surface area contributed by atoms with Crippen molar-refractivity contribution in [1.82, 2.24) is 14.8 Å². The highest BCUT2D eigenvalue weighted by atomic mass is 35.5. The van der Waals surface area contributed by atoms with Crippen LogP contribution < -0.4 is 5.32 Å². The highest BCUT2D eigenvalue weighted by Gasteiger charge is 2.40. The lowest BCUT2D eigenvalue weighted by molar-refractivity contribution is -0.117. The fourth-order valence-corrected chi connectivity index (χ4v) is 4.40. The predicted molar refractivity (Wildman–Crippen MR) is 101 cm³/mol. The summed E-state index contributed by atoms with van der Waals surface area (Å²) in [5.74, 6) is 1.43. The number of furan rings is 1. The van der Waals surface area contributed by atoms with E-state index in [0.717, 1.165) is 17.0 Å². The normalized spacial score (nSPS) is 21.6. The van der Waals surface area contributed by atoms with Crippen molar-refractivity contribution >= 4 is 34.9 Å². The molecule has 136 valence electrons. The molecular weight excluding hydrogens is 387 g/mol. The van der Waals surface area contributed by atoms with Gasteiger partial charge in [0.05, 0.1) is 6.26 Å². The summed E-state index contributed by atoms with van der Waals surface area (Å²) in [5.41, 5.74) is 2.27. The van der Waals surface area contributed by atoms with Crippen LogP contribution in [0.1, 0.15) is 36.1 Å². The first-order valence-corrected chi connectivity index (χ1v) is 9.28. The summed E-state index contributed by atoms with van der Waals surface area (Å²) < 4.78 is 7.22. The molecule has 1 aromatic carbocycles. The number of nitrogens with zero attached hydrogens (tertiary/aromatic N) is 3. The van der Waals surface area contributed by atoms with Crippen molar-refractivity contribution in [3.05, 3.63) is 75.6 Å². The van der Waals surface area contributed by atoms with Gasteiger partial charge in [-0.15, -0.1) is 0 Å². The van der Waals surface area contributed by atoms with Crippen molar-refractivity contribution in [2.75, 3.05) is 5.32 Å². The van der Waals surface area contributed by atoms with Crippen LogP contribution in [0.4, 0.5) is 5.95 Å². The van der Waals surface area contributed by atoms with Gasteiger partial charge in [-0.1, -0.05) is 29.3 Å². The lowest BCUT2D eigenvalue weighted by Crippen LogP contribution is -2.33. The Labute approximate surface area is 164 Å². The zero-order chi connectivity index (χ0) is 18.5. The van der Waals surface area contributed by atoms with E-state index in [4.69, 9.17) is 27.6 Å². The van der Waals surface area contributed by atoms with E-state index in [1.807, 2.05) is 18.2 Å². The third-order valence-corrected chi connectivity index (χ3v) is 5.63. The molecular formula is C19H14Cl2N4O2. The van der Waals surface area contributed by atoms with Crippen LogP contribution in [-0.4, -0.2) is 20.5 Å². The first-order valence-electron chi connectivity index (χ1n) is 8.53. The number of Topliss-reactive ketones (excluding diaryl/α,β-unsaturated/α-hetero) is 1. The SMILES string of the molecule is O=C1C[C@H](c2ccco2)CC2=C1[C@@H](c1ccc(Cl)cc1Cl)n1ncnc1N2. The Bertz CT molecular complexity index is 1070. The van der Waals surface area contributed by atoms with E-state index in [1.54, 1.807) is 23.1 Å². The summed E-state index contributed by atoms with van der Waals surface area (Å²) in [6.07, 6.45) is 4.12. The number of nitrogens with one attached hydrogen (secondary N) is 1. The Morgan fingerprint density at radius 1 is 1.22 bits per heavy atom. The quantitative estimate of drug-likeness (QED) is 0.680. The minimum absolute atomic E-state index is 0.00504. The number of aromatic nitrogens is 3. The van der Waals surface area contributed by atoms with Crippen molar-refractivity contribution in [3.63, 3.8) is 0 Å². The number of hydrogen-bond donors (Lipinski definition) is 1. The summed E-state index contributed by atoms with van der Waals surface area (Å²) in [5, 5.41) is 8.62. The van der Waals surface area contributed by atoms with E-state index in [9.17, 15) is 4.79 Å². The van der Waals surface area contributed by atoms with Crippen molar-refractivity contribution in [2.24, 2.45) is 0 Å². The monoisotopic (exact) mass is 400 g/mol. The van der Waals surface area contributed by atoms with E-state index in [0.29, 0.717) is 34.4 Å². The van der Waals surface area contributed by atoms with Gasteiger partial charge in [-0.05, 0) is 30.7 Å². The molecule has 0 spiro atoms. The molecule has 0 unspecified atom stereocenters. The number of carbonyl (C=O) groups is 1. The summed E-state index contributed by atoms with van der Waals surface area (Å²) in [6.45, 7) is 0. The van der Waals surface area contributed by atoms with Crippen LogP contribution in [0.2, 0.25) is 10.0 Å². The lowest BCUT2D eigenvalue weighted by atomic mass is 9.79. The molecule has 0 amide bonds. The number of fused-ring (bicyclic) bond motifs is 1. The molecule has 3 heterocycles. The van der Waals surface area contributed by atoms with Gasteiger partial charge in [0.1, 0.15) is 18.1 Å². The van der Waals surface area contributed by atoms with Gasteiger partial charge in [0, 0.05) is 39.2 Å². The fraction of sp³-hybridized carbons (Fsp3) is 0.211. The van der Waals surface area contributed by atoms with Crippen molar-refractivity contribution < 1.29 is 9.21 Å². The number of carbonyl (C=O) groups excluding carboxylic acids is 1. The fourth-order valence-electron chi connectivity index (χ4n) is 3.89. The standard InChI is InChI=1S/C19H14Cl2N4O2/c20-11-3-4-12(13(21)8-11)18-17-14(24-19-22-9-23-25(18)19)6-10(7-15(17)26)16-2-1-5-27-16/h1-5,8-10,18H,6-7H2,(H,22,23,24)/t10-,18-/m1/s1. The molecule has 3 aromatic rings. The molecule has 27 heavy (non-hydrogen) atoms. The number of benzene rings is 1. The molecule has 8 heteroatoms. The maximum Gasteiger partial charge on any atom is 0.226 e. The molecule has 2 aromatic heterocycles. The minimum atomic E-state index is -0.437. The molecule has 1 aliphatic carbocycles. The average molecular weight is 401 g/mol. The van der Waals surface area contributed by atoms with Gasteiger partial charge in [0.25, 0.3) is 0 Å². The van der Waals surface area contributed by atoms with Gasteiger partial charge >= 0.3 is 0 Å². The van der Waals surface area contributed by atoms with Crippen LogP contribution in [0.5, 0.6) is 0 Å². The van der Waals surface area contributed by atoms with Crippen LogP contribution in [0.3, 0.4) is 0 Å². The lowest BCUT2D eigenvalue weighted by Gasteiger charge is -2.34. The minimum Gasteiger partial charge on any atom is -0.469 e. The molecule has 2 aliphatic rings. The summed E-state index contributed by atoms with van der Waals surface area (Å²) in [4.78, 5) is 17.4. The van der Waals surface area contributed by atoms with Crippen molar-refractivity contribution in [1.29, 1.82) is 0 Å². The van der Waals surface area contributed by atoms with E-state index >= 15 is 0 Å². The number of anilines is 1. The smallest absolute Gasteiger partial charge is 0.226 e. The average Bonchev–Trinajstić information content (AvgIpc) is 3.32. The Kier molecular flexibility index (Phi) is 3.84. The van der Waals surface area contributed by atoms with E-state index in [2.05, 4.69) is 15.4 Å². The first kappa shape index (κ1) is 16.6. The molecule has 2 atom stereocenters. The highest BCUT2D eigenvalue weighted by molar-refractivity contribution is 6.35. The van der Waals surface area contributed by atoms with Gasteiger partial charge in [0.15, 0.2) is 5.78 Å². The zero-order valence-electron chi connectivity index (χ0n) is 14.0. The second kappa shape index (κ2) is 6.25. The first-order chi connectivity index (χ1) is 13.1. The molecule has 0 saturated heterocycles. The van der Waals surface area contributed by atoms with Crippen LogP contribution in [0, 0.1) is 0 Å². The molecule has 0 fully saturated rings. The molecule has 5 rings (SSSR count). The molecule has 0 saturated carbocycles. The summed E-state index contributed by atoms with van der Waals surface area (Å²) in [7, 11) is 0. The molecule has 1 aliphatic heterocycles. The topological polar surface area (TPSA) is 73.0 Å².